The van der Waals surface area contributed by atoms with Gasteiger partial charge in [-0.2, -0.15) is 13.5 Å². The quantitative estimate of drug-likeness (QED) is 0.401. The van der Waals surface area contributed by atoms with Gasteiger partial charge < -0.3 is 10.2 Å². The summed E-state index contributed by atoms with van der Waals surface area (Å²) in [6.07, 6.45) is 5.17. The van der Waals surface area contributed by atoms with E-state index in [-0.39, 0.29) is 18.0 Å². The maximum Gasteiger partial charge on any atom is 0.418 e. The number of urea groups is 1. The zero-order chi connectivity index (χ0) is 19.2. The summed E-state index contributed by atoms with van der Waals surface area (Å²) in [5, 5.41) is 4.01. The van der Waals surface area contributed by atoms with Crippen LogP contribution in [0.4, 0.5) is 4.79 Å². The molecule has 3 amide bonds. The van der Waals surface area contributed by atoms with Crippen molar-refractivity contribution in [1.82, 2.24) is 20.8 Å². The van der Waals surface area contributed by atoms with Crippen LogP contribution < -0.4 is 10.8 Å². The van der Waals surface area contributed by atoms with Crippen LogP contribution in [0.1, 0.15) is 38.5 Å². The van der Waals surface area contributed by atoms with Gasteiger partial charge in [0.2, 0.25) is 0 Å². The lowest BCUT2D eigenvalue weighted by Crippen LogP contribution is -2.53. The molecule has 3 atom stereocenters. The minimum absolute atomic E-state index is 0.177. The predicted molar refractivity (Wildman–Crippen MR) is 90.2 cm³/mol. The van der Waals surface area contributed by atoms with Crippen LogP contribution in [0.25, 0.3) is 0 Å². The lowest BCUT2D eigenvalue weighted by atomic mass is 9.85. The largest absolute Gasteiger partial charge is 0.418 e. The van der Waals surface area contributed by atoms with E-state index in [9.17, 15) is 18.0 Å². The van der Waals surface area contributed by atoms with E-state index in [1.54, 1.807) is 0 Å². The number of rotatable bonds is 6. The average molecular weight is 404 g/mol. The maximum atomic E-state index is 12.6. The second-order valence-corrected chi connectivity index (χ2v) is 8.79. The standard InChI is InChI=1S/C15H24N4O7S/c20-13(17-25-9-10-3-1-2-6-16-10)11-7-15(4-5-15)12-8-18(11)14(21)19(12)26-27(22,23)24/h10-12,16H,1-9H2,(H,17,20)(H,22,23,24)/t10?,11-,12?/m0/s1. The molecular formula is C15H24N4O7S. The molecule has 0 aromatic carbocycles. The van der Waals surface area contributed by atoms with Crippen LogP contribution in [0.15, 0.2) is 0 Å². The molecule has 1 spiro atoms. The number of fused-ring (bicyclic) bond motifs is 3. The SMILES string of the molecule is O=C(NOCC1CCCCN1)[C@@H]1CC2(CC2)C2CN1C(=O)N2OS(=O)(=O)O. The molecule has 152 valence electrons. The fraction of sp³-hybridized carbons (Fsp3) is 0.867. The minimum atomic E-state index is -4.82. The van der Waals surface area contributed by atoms with Gasteiger partial charge >= 0.3 is 16.4 Å². The minimum Gasteiger partial charge on any atom is -0.312 e. The Morgan fingerprint density at radius 2 is 2.15 bits per heavy atom. The molecule has 27 heavy (non-hydrogen) atoms. The number of nitrogens with one attached hydrogen (secondary N) is 2. The zero-order valence-electron chi connectivity index (χ0n) is 14.8. The summed E-state index contributed by atoms with van der Waals surface area (Å²) in [6, 6.07) is -1.80. The summed E-state index contributed by atoms with van der Waals surface area (Å²) >= 11 is 0. The van der Waals surface area contributed by atoms with Gasteiger partial charge in [-0.25, -0.2) is 10.3 Å². The molecule has 3 N–H and O–H groups in total. The van der Waals surface area contributed by atoms with Gasteiger partial charge in [-0.15, -0.1) is 4.28 Å². The summed E-state index contributed by atoms with van der Waals surface area (Å²) in [4.78, 5) is 31.8. The first kappa shape index (κ1) is 18.9. The Morgan fingerprint density at radius 3 is 2.78 bits per heavy atom. The van der Waals surface area contributed by atoms with Gasteiger partial charge in [0.1, 0.15) is 6.04 Å². The summed E-state index contributed by atoms with van der Waals surface area (Å²) < 4.78 is 35.6. The molecule has 3 heterocycles. The highest BCUT2D eigenvalue weighted by atomic mass is 32.3. The van der Waals surface area contributed by atoms with E-state index in [0.717, 1.165) is 38.6 Å². The lowest BCUT2D eigenvalue weighted by Gasteiger charge is -2.35. The van der Waals surface area contributed by atoms with Gasteiger partial charge in [-0.05, 0) is 44.1 Å². The Kier molecular flexibility index (Phi) is 4.79. The van der Waals surface area contributed by atoms with Gasteiger partial charge in [-0.3, -0.25) is 14.2 Å². The molecular weight excluding hydrogens is 380 g/mol. The third kappa shape index (κ3) is 3.76. The van der Waals surface area contributed by atoms with Crippen molar-refractivity contribution < 1.29 is 31.7 Å². The molecule has 4 rings (SSSR count). The number of hydrogen-bond acceptors (Lipinski definition) is 7. The Morgan fingerprint density at radius 1 is 1.37 bits per heavy atom. The smallest absolute Gasteiger partial charge is 0.312 e. The molecule has 4 aliphatic rings. The molecule has 0 aromatic rings. The van der Waals surface area contributed by atoms with Crippen molar-refractivity contribution >= 4 is 22.3 Å². The third-order valence-electron chi connectivity index (χ3n) is 6.01. The van der Waals surface area contributed by atoms with Crippen molar-refractivity contribution in [2.75, 3.05) is 19.7 Å². The highest BCUT2D eigenvalue weighted by Crippen LogP contribution is 2.59. The normalized spacial score (nSPS) is 32.0. The third-order valence-corrected chi connectivity index (χ3v) is 6.36. The van der Waals surface area contributed by atoms with Gasteiger partial charge in [0.25, 0.3) is 5.91 Å². The van der Waals surface area contributed by atoms with Crippen LogP contribution in [0.5, 0.6) is 0 Å². The van der Waals surface area contributed by atoms with E-state index in [4.69, 9.17) is 9.39 Å². The number of hydroxylamine groups is 3. The fourth-order valence-electron chi connectivity index (χ4n) is 4.40. The van der Waals surface area contributed by atoms with Gasteiger partial charge in [-0.1, -0.05) is 6.42 Å². The number of nitrogens with zero attached hydrogens (tertiary/aromatic N) is 2. The van der Waals surface area contributed by atoms with Crippen molar-refractivity contribution in [3.8, 4) is 0 Å². The van der Waals surface area contributed by atoms with Crippen molar-refractivity contribution in [3.63, 3.8) is 0 Å². The molecule has 11 nitrogen and oxygen atoms in total. The zero-order valence-corrected chi connectivity index (χ0v) is 15.6. The molecule has 3 saturated heterocycles. The van der Waals surface area contributed by atoms with Crippen LogP contribution >= 0.6 is 0 Å². The van der Waals surface area contributed by atoms with E-state index >= 15 is 0 Å². The molecule has 3 aliphatic heterocycles. The molecule has 1 aliphatic carbocycles. The highest BCUT2D eigenvalue weighted by molar-refractivity contribution is 7.80. The van der Waals surface area contributed by atoms with E-state index in [2.05, 4.69) is 15.1 Å². The van der Waals surface area contributed by atoms with E-state index in [1.165, 1.54) is 4.90 Å². The Balaban J connectivity index is 1.39. The summed E-state index contributed by atoms with van der Waals surface area (Å²) in [5.41, 5.74) is 2.07. The number of hydrogen-bond donors (Lipinski definition) is 3. The Bertz CT molecular complexity index is 720. The Labute approximate surface area is 157 Å². The lowest BCUT2D eigenvalue weighted by molar-refractivity contribution is -0.140. The predicted octanol–water partition coefficient (Wildman–Crippen LogP) is -0.431. The molecule has 2 bridgehead atoms. The Hall–Kier alpha value is -1.47. The van der Waals surface area contributed by atoms with E-state index in [1.807, 2.05) is 0 Å². The molecule has 2 unspecified atom stereocenters. The number of carbonyl (C=O) groups is 2. The molecule has 4 fully saturated rings. The summed E-state index contributed by atoms with van der Waals surface area (Å²) in [6.45, 7) is 1.45. The second kappa shape index (κ2) is 6.85. The molecule has 1 saturated carbocycles. The van der Waals surface area contributed by atoms with Crippen LogP contribution in [-0.4, -0.2) is 72.7 Å². The van der Waals surface area contributed by atoms with E-state index < -0.39 is 34.4 Å². The molecule has 12 heteroatoms. The number of carbonyl (C=O) groups excluding carboxylic acids is 2. The fourth-order valence-corrected chi connectivity index (χ4v) is 4.77. The van der Waals surface area contributed by atoms with Gasteiger partial charge in [0, 0.05) is 12.6 Å². The van der Waals surface area contributed by atoms with Crippen LogP contribution in [0.3, 0.4) is 0 Å². The number of piperidine rings is 2. The maximum absolute atomic E-state index is 12.6. The first-order valence-electron chi connectivity index (χ1n) is 9.21. The van der Waals surface area contributed by atoms with Crippen molar-refractivity contribution in [2.45, 2.75) is 56.7 Å². The van der Waals surface area contributed by atoms with Crippen molar-refractivity contribution in [2.24, 2.45) is 5.41 Å². The average Bonchev–Trinajstić information content (AvgIpc) is 3.33. The first-order valence-corrected chi connectivity index (χ1v) is 10.6. The molecule has 0 radical (unpaired) electrons. The monoisotopic (exact) mass is 404 g/mol. The van der Waals surface area contributed by atoms with Crippen LogP contribution in [0.2, 0.25) is 0 Å². The topological polar surface area (TPSA) is 138 Å². The van der Waals surface area contributed by atoms with E-state index in [0.29, 0.717) is 18.1 Å². The number of amides is 3. The first-order chi connectivity index (χ1) is 12.8. The van der Waals surface area contributed by atoms with Gasteiger partial charge in [0.15, 0.2) is 0 Å². The van der Waals surface area contributed by atoms with Crippen molar-refractivity contribution in [3.05, 3.63) is 0 Å². The summed E-state index contributed by atoms with van der Waals surface area (Å²) in [5.74, 6) is -0.433. The molecule has 0 aromatic heterocycles. The van der Waals surface area contributed by atoms with Gasteiger partial charge in [0.05, 0.1) is 12.6 Å². The summed E-state index contributed by atoms with van der Waals surface area (Å²) in [7, 11) is -4.82. The second-order valence-electron chi connectivity index (χ2n) is 7.79. The van der Waals surface area contributed by atoms with Crippen LogP contribution in [0, 0.1) is 5.41 Å². The van der Waals surface area contributed by atoms with Crippen molar-refractivity contribution in [1.29, 1.82) is 0 Å². The van der Waals surface area contributed by atoms with Crippen LogP contribution in [-0.2, 0) is 24.3 Å². The highest BCUT2D eigenvalue weighted by Gasteiger charge is 2.65.